The Hall–Kier alpha value is -2.82. The van der Waals surface area contributed by atoms with Crippen molar-refractivity contribution in [1.29, 1.82) is 0 Å². The van der Waals surface area contributed by atoms with Gasteiger partial charge in [0, 0.05) is 26.2 Å². The average Bonchev–Trinajstić information content (AvgIpc) is 3.30. The molecule has 0 saturated heterocycles. The maximum atomic E-state index is 5.79. The van der Waals surface area contributed by atoms with Gasteiger partial charge in [0.25, 0.3) is 0 Å². The Morgan fingerprint density at radius 2 is 1.93 bits per heavy atom. The predicted molar refractivity (Wildman–Crippen MR) is 129 cm³/mol. The number of aromatic nitrogens is 3. The quantitative estimate of drug-likeness (QED) is 0.269. The van der Waals surface area contributed by atoms with Crippen molar-refractivity contribution in [3.63, 3.8) is 0 Å². The summed E-state index contributed by atoms with van der Waals surface area (Å²) >= 11 is 0. The van der Waals surface area contributed by atoms with E-state index in [4.69, 9.17) is 9.47 Å². The molecule has 0 bridgehead atoms. The van der Waals surface area contributed by atoms with Crippen molar-refractivity contribution in [2.24, 2.45) is 4.99 Å². The van der Waals surface area contributed by atoms with Crippen LogP contribution in [0.15, 0.2) is 59.9 Å². The highest BCUT2D eigenvalue weighted by atomic mass is 127. The molecular weight excluding hydrogens is 495 g/mol. The Morgan fingerprint density at radius 3 is 2.60 bits per heavy atom. The Labute approximate surface area is 193 Å². The van der Waals surface area contributed by atoms with E-state index in [0.29, 0.717) is 19.7 Å². The largest absolute Gasteiger partial charge is 0.497 e. The molecule has 3 rings (SSSR count). The van der Waals surface area contributed by atoms with Crippen LogP contribution in [-0.2, 0) is 6.54 Å². The van der Waals surface area contributed by atoms with Gasteiger partial charge >= 0.3 is 0 Å². The second kappa shape index (κ2) is 12.0. The smallest absolute Gasteiger partial charge is 0.193 e. The first-order valence-electron chi connectivity index (χ1n) is 9.33. The summed E-state index contributed by atoms with van der Waals surface area (Å²) in [5, 5.41) is 10.2. The van der Waals surface area contributed by atoms with Gasteiger partial charge in [0.1, 0.15) is 24.4 Å². The topological polar surface area (TPSA) is 87.7 Å². The maximum absolute atomic E-state index is 5.79. The van der Waals surface area contributed by atoms with Crippen molar-refractivity contribution in [2.75, 3.05) is 34.4 Å². The van der Waals surface area contributed by atoms with Crippen LogP contribution in [0.4, 0.5) is 0 Å². The van der Waals surface area contributed by atoms with Crippen LogP contribution < -0.4 is 14.8 Å². The number of nitrogens with zero attached hydrogens (tertiary/aromatic N) is 4. The van der Waals surface area contributed by atoms with Gasteiger partial charge < -0.3 is 19.7 Å². The van der Waals surface area contributed by atoms with Gasteiger partial charge in [-0.3, -0.25) is 10.1 Å². The highest BCUT2D eigenvalue weighted by Gasteiger charge is 2.07. The van der Waals surface area contributed by atoms with E-state index >= 15 is 0 Å². The number of likely N-dealkylation sites (N-methyl/N-ethyl adjacent to an activating group) is 1. The summed E-state index contributed by atoms with van der Waals surface area (Å²) in [4.78, 5) is 10.6. The van der Waals surface area contributed by atoms with Crippen molar-refractivity contribution < 1.29 is 9.47 Å². The Bertz CT molecular complexity index is 916. The van der Waals surface area contributed by atoms with Crippen LogP contribution in [0.1, 0.15) is 5.56 Å². The number of halogens is 1. The minimum Gasteiger partial charge on any atom is -0.497 e. The SMILES string of the molecule is CN=C(NCc1cccc(-c2ncn[nH]2)c1)N(C)CCOc1ccc(OC)cc1.I. The summed E-state index contributed by atoms with van der Waals surface area (Å²) < 4.78 is 10.9. The minimum absolute atomic E-state index is 0. The first-order valence-corrected chi connectivity index (χ1v) is 9.33. The molecule has 1 heterocycles. The van der Waals surface area contributed by atoms with Crippen molar-refractivity contribution >= 4 is 29.9 Å². The zero-order chi connectivity index (χ0) is 20.5. The molecule has 9 heteroatoms. The fourth-order valence-electron chi connectivity index (χ4n) is 2.82. The van der Waals surface area contributed by atoms with Crippen LogP contribution >= 0.6 is 24.0 Å². The van der Waals surface area contributed by atoms with Crippen molar-refractivity contribution in [1.82, 2.24) is 25.4 Å². The van der Waals surface area contributed by atoms with Crippen molar-refractivity contribution in [3.8, 4) is 22.9 Å². The third-order valence-corrected chi connectivity index (χ3v) is 4.39. The zero-order valence-electron chi connectivity index (χ0n) is 17.3. The number of methoxy groups -OCH3 is 1. The van der Waals surface area contributed by atoms with Gasteiger partial charge in [-0.15, -0.1) is 24.0 Å². The van der Waals surface area contributed by atoms with Crippen LogP contribution in [0, 0.1) is 0 Å². The number of guanidine groups is 1. The molecule has 0 fully saturated rings. The van der Waals surface area contributed by atoms with E-state index < -0.39 is 0 Å². The Balaban J connectivity index is 0.00000320. The lowest BCUT2D eigenvalue weighted by atomic mass is 10.1. The monoisotopic (exact) mass is 522 g/mol. The lowest BCUT2D eigenvalue weighted by molar-refractivity contribution is 0.281. The number of H-pyrrole nitrogens is 1. The second-order valence-corrected chi connectivity index (χ2v) is 6.38. The van der Waals surface area contributed by atoms with Gasteiger partial charge in [0.15, 0.2) is 11.8 Å². The molecule has 8 nitrogen and oxygen atoms in total. The molecular formula is C21H27IN6O2. The van der Waals surface area contributed by atoms with E-state index in [1.54, 1.807) is 14.2 Å². The number of aliphatic imine (C=N–C) groups is 1. The molecule has 3 aromatic rings. The molecule has 0 radical (unpaired) electrons. The van der Waals surface area contributed by atoms with Gasteiger partial charge in [-0.25, -0.2) is 4.98 Å². The molecule has 2 aromatic carbocycles. The number of nitrogens with one attached hydrogen (secondary N) is 2. The molecule has 30 heavy (non-hydrogen) atoms. The first kappa shape index (κ1) is 23.5. The lowest BCUT2D eigenvalue weighted by Gasteiger charge is -2.22. The number of ether oxygens (including phenoxy) is 2. The molecule has 0 aliphatic rings. The lowest BCUT2D eigenvalue weighted by Crippen LogP contribution is -2.40. The molecule has 0 atom stereocenters. The highest BCUT2D eigenvalue weighted by molar-refractivity contribution is 14.0. The van der Waals surface area contributed by atoms with Gasteiger partial charge in [-0.2, -0.15) is 5.10 Å². The van der Waals surface area contributed by atoms with E-state index in [9.17, 15) is 0 Å². The van der Waals surface area contributed by atoms with Crippen LogP contribution in [0.2, 0.25) is 0 Å². The van der Waals surface area contributed by atoms with E-state index in [1.165, 1.54) is 6.33 Å². The number of hydrogen-bond donors (Lipinski definition) is 2. The molecule has 0 saturated carbocycles. The van der Waals surface area contributed by atoms with Crippen molar-refractivity contribution in [3.05, 3.63) is 60.4 Å². The van der Waals surface area contributed by atoms with E-state index in [1.807, 2.05) is 48.3 Å². The minimum atomic E-state index is 0. The standard InChI is InChI=1S/C21H26N6O2.HI/c1-22-21(27(2)11-12-29-19-9-7-18(28-3)8-10-19)23-14-16-5-4-6-17(13-16)20-24-15-25-26-20;/h4-10,13,15H,11-12,14H2,1-3H3,(H,22,23)(H,24,25,26);1H. The van der Waals surface area contributed by atoms with E-state index in [-0.39, 0.29) is 24.0 Å². The number of rotatable bonds is 8. The second-order valence-electron chi connectivity index (χ2n) is 6.38. The van der Waals surface area contributed by atoms with Crippen LogP contribution in [0.3, 0.4) is 0 Å². The van der Waals surface area contributed by atoms with E-state index in [0.717, 1.165) is 34.4 Å². The zero-order valence-corrected chi connectivity index (χ0v) is 19.7. The summed E-state index contributed by atoms with van der Waals surface area (Å²) in [7, 11) is 5.40. The first-order chi connectivity index (χ1) is 14.2. The van der Waals surface area contributed by atoms with Gasteiger partial charge in [-0.05, 0) is 35.9 Å². The van der Waals surface area contributed by atoms with Crippen molar-refractivity contribution in [2.45, 2.75) is 6.54 Å². The van der Waals surface area contributed by atoms with Gasteiger partial charge in [0.2, 0.25) is 0 Å². The molecule has 160 valence electrons. The van der Waals surface area contributed by atoms with Gasteiger partial charge in [-0.1, -0.05) is 18.2 Å². The maximum Gasteiger partial charge on any atom is 0.193 e. The molecule has 0 aliphatic carbocycles. The molecule has 2 N–H and O–H groups in total. The highest BCUT2D eigenvalue weighted by Crippen LogP contribution is 2.17. The summed E-state index contributed by atoms with van der Waals surface area (Å²) in [6, 6.07) is 15.7. The third-order valence-electron chi connectivity index (χ3n) is 4.39. The van der Waals surface area contributed by atoms with E-state index in [2.05, 4.69) is 37.6 Å². The summed E-state index contributed by atoms with van der Waals surface area (Å²) in [5.74, 6) is 3.18. The van der Waals surface area contributed by atoms with Crippen LogP contribution in [0.5, 0.6) is 11.5 Å². The number of hydrogen-bond acceptors (Lipinski definition) is 5. The molecule has 0 amide bonds. The number of aromatic amines is 1. The van der Waals surface area contributed by atoms with Crippen LogP contribution in [0.25, 0.3) is 11.4 Å². The average molecular weight is 522 g/mol. The summed E-state index contributed by atoms with van der Waals surface area (Å²) in [6.07, 6.45) is 1.51. The normalized spacial score (nSPS) is 10.8. The molecule has 0 unspecified atom stereocenters. The molecule has 1 aromatic heterocycles. The number of benzene rings is 2. The summed E-state index contributed by atoms with van der Waals surface area (Å²) in [5.41, 5.74) is 2.13. The van der Waals surface area contributed by atoms with Crippen LogP contribution in [-0.4, -0.2) is 60.4 Å². The van der Waals surface area contributed by atoms with Gasteiger partial charge in [0.05, 0.1) is 13.7 Å². The molecule has 0 aliphatic heterocycles. The third kappa shape index (κ3) is 6.61. The Kier molecular flexibility index (Phi) is 9.39. The summed E-state index contributed by atoms with van der Waals surface area (Å²) in [6.45, 7) is 1.90. The Morgan fingerprint density at radius 1 is 1.17 bits per heavy atom. The predicted octanol–water partition coefficient (Wildman–Crippen LogP) is 3.18. The fourth-order valence-corrected chi connectivity index (χ4v) is 2.82. The molecule has 0 spiro atoms. The fraction of sp³-hybridized carbons (Fsp3) is 0.286.